The smallest absolute Gasteiger partial charge is 0.349 e. The van der Waals surface area contributed by atoms with Crippen molar-refractivity contribution in [3.05, 3.63) is 82.9 Å². The Bertz CT molecular complexity index is 949. The maximum Gasteiger partial charge on any atom is 0.349 e. The Kier molecular flexibility index (Phi) is 4.94. The Balaban J connectivity index is 1.84. The van der Waals surface area contributed by atoms with Crippen LogP contribution in [0.5, 0.6) is 0 Å². The molecule has 4 nitrogen and oxygen atoms in total. The van der Waals surface area contributed by atoms with Crippen molar-refractivity contribution in [1.29, 1.82) is 0 Å². The van der Waals surface area contributed by atoms with Crippen LogP contribution in [0.15, 0.2) is 48.6 Å². The molecule has 0 aromatic heterocycles. The molecule has 2 atom stereocenters. The molecular formula is C22H19F4NO3. The lowest BCUT2D eigenvalue weighted by molar-refractivity contribution is -0.187. The molecule has 0 aliphatic carbocycles. The molecule has 8 heteroatoms. The number of hydrogen-bond acceptors (Lipinski definition) is 4. The van der Waals surface area contributed by atoms with Gasteiger partial charge >= 0.3 is 5.97 Å². The topological polar surface area (TPSA) is 49.8 Å². The molecule has 2 aromatic carbocycles. The second-order valence-corrected chi connectivity index (χ2v) is 7.70. The summed E-state index contributed by atoms with van der Waals surface area (Å²) in [6.45, 7) is 0. The summed E-state index contributed by atoms with van der Waals surface area (Å²) in [5, 5.41) is 11.4. The summed E-state index contributed by atoms with van der Waals surface area (Å²) in [6, 6.07) is 4.14. The van der Waals surface area contributed by atoms with E-state index in [9.17, 15) is 27.5 Å². The average Bonchev–Trinajstić information content (AvgIpc) is 2.84. The first-order valence-corrected chi connectivity index (χ1v) is 9.44. The molecule has 2 aliphatic rings. The van der Waals surface area contributed by atoms with Crippen molar-refractivity contribution in [1.82, 2.24) is 4.90 Å². The number of halogens is 4. The van der Waals surface area contributed by atoms with Crippen molar-refractivity contribution < 1.29 is 32.2 Å². The highest BCUT2D eigenvalue weighted by Gasteiger charge is 2.52. The molecular weight excluding hydrogens is 402 g/mol. The van der Waals surface area contributed by atoms with Gasteiger partial charge in [0.1, 0.15) is 23.3 Å². The number of aliphatic hydroxyl groups is 1. The third-order valence-corrected chi connectivity index (χ3v) is 5.89. The van der Waals surface area contributed by atoms with Crippen LogP contribution in [0.25, 0.3) is 0 Å². The van der Waals surface area contributed by atoms with E-state index in [0.717, 1.165) is 37.1 Å². The van der Waals surface area contributed by atoms with Crippen molar-refractivity contribution in [2.45, 2.75) is 36.6 Å². The van der Waals surface area contributed by atoms with Crippen LogP contribution in [0, 0.1) is 23.3 Å². The van der Waals surface area contributed by atoms with Gasteiger partial charge in [0.05, 0.1) is 0 Å². The molecule has 1 N–H and O–H groups in total. The van der Waals surface area contributed by atoms with E-state index in [-0.39, 0.29) is 6.04 Å². The minimum absolute atomic E-state index is 0.133. The second-order valence-electron chi connectivity index (χ2n) is 7.70. The number of likely N-dealkylation sites (N-methyl/N-ethyl adjacent to an activating group) is 1. The fourth-order valence-electron chi connectivity index (χ4n) is 4.26. The summed E-state index contributed by atoms with van der Waals surface area (Å²) in [7, 11) is 1.76. The Hall–Kier alpha value is -2.71. The standard InChI is InChI=1S/C22H19F4NO3/c1-27-19-3-2-5-21(27,6-4-19)30-20(28)22(29,13-7-15(23)11-16(24)8-13)14-9-17(25)12-18(26)10-14/h2,5,7-12,19,29H,3-4,6H2,1H3/t19-,21-/m1/s1. The SMILES string of the molecule is CN1[C@@H]2CC=C[C@@]1(OC(=O)C(O)(c1cc(F)cc(F)c1)c1cc(F)cc(F)c1)CC2. The average molecular weight is 421 g/mol. The number of hydrogen-bond donors (Lipinski definition) is 1. The Morgan fingerprint density at radius 3 is 2.03 bits per heavy atom. The van der Waals surface area contributed by atoms with Crippen molar-refractivity contribution in [2.24, 2.45) is 0 Å². The van der Waals surface area contributed by atoms with Crippen LogP contribution in [0.1, 0.15) is 30.4 Å². The van der Waals surface area contributed by atoms with Crippen molar-refractivity contribution in [3.8, 4) is 0 Å². The maximum atomic E-state index is 13.9. The van der Waals surface area contributed by atoms with Gasteiger partial charge in [-0.1, -0.05) is 6.08 Å². The van der Waals surface area contributed by atoms with Gasteiger partial charge in [0.2, 0.25) is 5.60 Å². The Morgan fingerprint density at radius 2 is 1.53 bits per heavy atom. The normalized spacial score (nSPS) is 23.6. The molecule has 1 fully saturated rings. The van der Waals surface area contributed by atoms with Gasteiger partial charge in [-0.2, -0.15) is 0 Å². The first kappa shape index (κ1) is 20.6. The fourth-order valence-corrected chi connectivity index (χ4v) is 4.26. The van der Waals surface area contributed by atoms with Crippen molar-refractivity contribution in [3.63, 3.8) is 0 Å². The van der Waals surface area contributed by atoms with Crippen LogP contribution in [0.2, 0.25) is 0 Å². The quantitative estimate of drug-likeness (QED) is 0.464. The number of carbonyl (C=O) groups is 1. The van der Waals surface area contributed by atoms with Gasteiger partial charge in [-0.25, -0.2) is 22.4 Å². The van der Waals surface area contributed by atoms with Gasteiger partial charge < -0.3 is 9.84 Å². The summed E-state index contributed by atoms with van der Waals surface area (Å²) in [4.78, 5) is 15.1. The van der Waals surface area contributed by atoms with Crippen LogP contribution in [0.3, 0.4) is 0 Å². The molecule has 158 valence electrons. The van der Waals surface area contributed by atoms with E-state index in [0.29, 0.717) is 18.6 Å². The number of nitrogens with zero attached hydrogens (tertiary/aromatic N) is 1. The zero-order chi connectivity index (χ0) is 21.7. The second kappa shape index (κ2) is 7.21. The summed E-state index contributed by atoms with van der Waals surface area (Å²) in [5.74, 6) is -5.57. The minimum Gasteiger partial charge on any atom is -0.437 e. The predicted octanol–water partition coefficient (Wildman–Crippen LogP) is 3.77. The zero-order valence-corrected chi connectivity index (χ0v) is 16.0. The van der Waals surface area contributed by atoms with Gasteiger partial charge in [0, 0.05) is 35.7 Å². The van der Waals surface area contributed by atoms with E-state index in [1.165, 1.54) is 0 Å². The summed E-state index contributed by atoms with van der Waals surface area (Å²) >= 11 is 0. The molecule has 2 aliphatic heterocycles. The number of ether oxygens (including phenoxy) is 1. The summed E-state index contributed by atoms with van der Waals surface area (Å²) < 4.78 is 61.3. The number of esters is 1. The van der Waals surface area contributed by atoms with Gasteiger partial charge in [-0.15, -0.1) is 0 Å². The third kappa shape index (κ3) is 3.30. The van der Waals surface area contributed by atoms with E-state index in [1.807, 2.05) is 11.0 Å². The van der Waals surface area contributed by atoms with Crippen LogP contribution in [0.4, 0.5) is 17.6 Å². The largest absolute Gasteiger partial charge is 0.437 e. The summed E-state index contributed by atoms with van der Waals surface area (Å²) in [5.41, 5.74) is -5.08. The van der Waals surface area contributed by atoms with E-state index >= 15 is 0 Å². The van der Waals surface area contributed by atoms with E-state index < -0.39 is 51.7 Å². The number of rotatable bonds is 4. The molecule has 4 rings (SSSR count). The highest BCUT2D eigenvalue weighted by molar-refractivity contribution is 5.86. The van der Waals surface area contributed by atoms with Crippen LogP contribution < -0.4 is 0 Å². The number of fused-ring (bicyclic) bond motifs is 2. The molecule has 2 aromatic rings. The Morgan fingerprint density at radius 1 is 1.03 bits per heavy atom. The summed E-state index contributed by atoms with van der Waals surface area (Å²) in [6.07, 6.45) is 5.49. The molecule has 2 heterocycles. The first-order chi connectivity index (χ1) is 14.1. The predicted molar refractivity (Wildman–Crippen MR) is 99.1 cm³/mol. The van der Waals surface area contributed by atoms with E-state index in [1.54, 1.807) is 13.1 Å². The molecule has 0 spiro atoms. The lowest BCUT2D eigenvalue weighted by atomic mass is 9.85. The van der Waals surface area contributed by atoms with Gasteiger partial charge in [-0.05, 0) is 50.2 Å². The lowest BCUT2D eigenvalue weighted by Crippen LogP contribution is -2.52. The maximum absolute atomic E-state index is 13.9. The highest BCUT2D eigenvalue weighted by atomic mass is 19.1. The minimum atomic E-state index is -2.84. The molecule has 1 saturated heterocycles. The molecule has 0 radical (unpaired) electrons. The van der Waals surface area contributed by atoms with Crippen LogP contribution in [-0.2, 0) is 15.1 Å². The van der Waals surface area contributed by atoms with Crippen LogP contribution in [-0.4, -0.2) is 34.8 Å². The fraction of sp³-hybridized carbons (Fsp3) is 0.318. The lowest BCUT2D eigenvalue weighted by Gasteiger charge is -2.40. The Labute approximate surface area is 170 Å². The molecule has 30 heavy (non-hydrogen) atoms. The van der Waals surface area contributed by atoms with Crippen molar-refractivity contribution >= 4 is 5.97 Å². The number of benzene rings is 2. The van der Waals surface area contributed by atoms with Gasteiger partial charge in [-0.3, -0.25) is 4.90 Å². The first-order valence-electron chi connectivity index (χ1n) is 9.44. The van der Waals surface area contributed by atoms with Crippen LogP contribution >= 0.6 is 0 Å². The van der Waals surface area contributed by atoms with Crippen molar-refractivity contribution in [2.75, 3.05) is 7.05 Å². The highest BCUT2D eigenvalue weighted by Crippen LogP contribution is 2.42. The molecule has 0 saturated carbocycles. The molecule has 2 bridgehead atoms. The van der Waals surface area contributed by atoms with Gasteiger partial charge in [0.25, 0.3) is 0 Å². The number of carbonyl (C=O) groups excluding carboxylic acids is 1. The van der Waals surface area contributed by atoms with Gasteiger partial charge in [0.15, 0.2) is 5.72 Å². The molecule has 0 amide bonds. The van der Waals surface area contributed by atoms with E-state index in [2.05, 4.69) is 0 Å². The third-order valence-electron chi connectivity index (χ3n) is 5.89. The zero-order valence-electron chi connectivity index (χ0n) is 16.0. The molecule has 0 unspecified atom stereocenters. The van der Waals surface area contributed by atoms with E-state index in [4.69, 9.17) is 4.74 Å². The monoisotopic (exact) mass is 421 g/mol.